The first-order valence-corrected chi connectivity index (χ1v) is 35.8. The zero-order valence-electron chi connectivity index (χ0n) is 61.1. The van der Waals surface area contributed by atoms with Gasteiger partial charge in [0.05, 0.1) is 80.9 Å². The Morgan fingerprint density at radius 1 is 0.300 bits per heavy atom. The highest BCUT2D eigenvalue weighted by Crippen LogP contribution is 2.52. The topological polar surface area (TPSA) is 92.3 Å². The third-order valence-corrected chi connectivity index (χ3v) is 21.1. The van der Waals surface area contributed by atoms with Gasteiger partial charge >= 0.3 is 55.0 Å². The van der Waals surface area contributed by atoms with Crippen LogP contribution in [0.3, 0.4) is 0 Å². The third kappa shape index (κ3) is 34.0. The predicted molar refractivity (Wildman–Crippen MR) is 339 cm³/mol. The maximum absolute atomic E-state index is 13.8. The van der Waals surface area contributed by atoms with Gasteiger partial charge in [-0.15, -0.1) is 0 Å². The van der Waals surface area contributed by atoms with Crippen LogP contribution < -0.4 is 0 Å². The van der Waals surface area contributed by atoms with Gasteiger partial charge in [0.2, 0.25) is 0 Å². The number of alkyl halides is 19. The Hall–Kier alpha value is -1.80. The van der Waals surface area contributed by atoms with Crippen molar-refractivity contribution in [3.8, 4) is 0 Å². The molecule has 8 aliphatic rings. The van der Waals surface area contributed by atoms with Gasteiger partial charge in [0, 0.05) is 49.6 Å². The number of fused-ring (bicyclic) bond motifs is 2. The van der Waals surface area contributed by atoms with E-state index in [1.165, 1.54) is 32.1 Å². The monoisotopic (exact) mass is 1500 g/mol. The highest BCUT2D eigenvalue weighted by molar-refractivity contribution is 4.90. The fourth-order valence-corrected chi connectivity index (χ4v) is 15.3. The van der Waals surface area contributed by atoms with Crippen LogP contribution in [0.5, 0.6) is 0 Å². The molecule has 0 heterocycles. The molecule has 13 atom stereocenters. The molecule has 600 valence electrons. The van der Waals surface area contributed by atoms with Gasteiger partial charge in [-0.1, -0.05) is 85.0 Å². The average molecular weight is 1500 g/mol. The minimum absolute atomic E-state index is 0.0951. The molecule has 0 aliphatic heterocycles. The van der Waals surface area contributed by atoms with Crippen molar-refractivity contribution in [1.82, 2.24) is 0 Å². The second-order valence-electron chi connectivity index (χ2n) is 28.3. The van der Waals surface area contributed by atoms with Gasteiger partial charge in [0.1, 0.15) is 0 Å². The van der Waals surface area contributed by atoms with E-state index in [4.69, 9.17) is 4.74 Å². The summed E-state index contributed by atoms with van der Waals surface area (Å²) in [6, 6.07) is 0. The molecule has 0 N–H and O–H groups in total. The fourth-order valence-electron chi connectivity index (χ4n) is 15.3. The van der Waals surface area contributed by atoms with Crippen LogP contribution in [0.4, 0.5) is 87.9 Å². The lowest BCUT2D eigenvalue weighted by molar-refractivity contribution is -0.298. The van der Waals surface area contributed by atoms with E-state index in [-0.39, 0.29) is 51.9 Å². The van der Waals surface area contributed by atoms with Gasteiger partial charge in [-0.3, -0.25) is 4.39 Å². The number of methoxy groups -OCH3 is 6. The van der Waals surface area contributed by atoms with Gasteiger partial charge < -0.3 is 42.6 Å². The summed E-state index contributed by atoms with van der Waals surface area (Å²) in [5.74, 6) is -4.41. The van der Waals surface area contributed by atoms with Crippen LogP contribution in [-0.4, -0.2) is 131 Å². The smallest absolute Gasteiger partial charge is 0.324 e. The van der Waals surface area contributed by atoms with Crippen LogP contribution in [0.25, 0.3) is 0 Å². The normalized spacial score (nSPS) is 29.5. The molecule has 13 unspecified atom stereocenters. The molecule has 10 nitrogen and oxygen atoms in total. The van der Waals surface area contributed by atoms with E-state index in [9.17, 15) is 87.9 Å². The maximum atomic E-state index is 13.8. The largest absolute Gasteiger partial charge is 0.358 e. The highest BCUT2D eigenvalue weighted by Gasteiger charge is 2.54. The van der Waals surface area contributed by atoms with E-state index in [0.29, 0.717) is 94.8 Å². The molecule has 0 spiro atoms. The van der Waals surface area contributed by atoms with Crippen molar-refractivity contribution in [3.05, 3.63) is 0 Å². The molecule has 0 amide bonds. The van der Waals surface area contributed by atoms with Crippen molar-refractivity contribution in [3.63, 3.8) is 0 Å². The quantitative estimate of drug-likeness (QED) is 0.0976. The van der Waals surface area contributed by atoms with Crippen molar-refractivity contribution in [2.24, 2.45) is 88.8 Å². The Labute approximate surface area is 581 Å². The van der Waals surface area contributed by atoms with Crippen molar-refractivity contribution >= 4 is 0 Å². The average Bonchev–Trinajstić information content (AvgIpc) is 1.12. The van der Waals surface area contributed by atoms with Gasteiger partial charge in [0.15, 0.2) is 0 Å². The van der Waals surface area contributed by atoms with E-state index >= 15 is 0 Å². The van der Waals surface area contributed by atoms with Crippen LogP contribution in [0, 0.1) is 88.8 Å². The summed E-state index contributed by atoms with van der Waals surface area (Å²) in [6.07, 6.45) is -8.42. The van der Waals surface area contributed by atoms with E-state index in [2.05, 4.69) is 49.8 Å². The first kappa shape index (κ1) is 96.2. The second-order valence-corrected chi connectivity index (χ2v) is 28.3. The lowest BCUT2D eigenvalue weighted by Gasteiger charge is -2.42. The SMILES string of the molecule is CCCOC(F)(F)C1CCC2CCCCC2C1.CCOC(F)(F)C1CCCC(C)C1.CCOC(F)(F)C1CCCC1.COC(C)(F)F.COC(F)(F)C1CC(CF)CC(C(F)(F)OC)C1.COC(F)(F)C1CCC2CC(C)CCC2C1.COC(F)(F)C1CCCC(C(F)(F)OC)C1.COF. The molecule has 0 aromatic rings. The van der Waals surface area contributed by atoms with E-state index in [0.717, 1.165) is 113 Å². The Balaban J connectivity index is 0.000000588. The number of halogens is 20. The van der Waals surface area contributed by atoms with Crippen LogP contribution in [0.15, 0.2) is 0 Å². The molecule has 8 fully saturated rings. The lowest BCUT2D eigenvalue weighted by atomic mass is 9.65. The number of hydrogen-bond donors (Lipinski definition) is 0. The minimum atomic E-state index is -3.52. The second kappa shape index (κ2) is 45.8. The van der Waals surface area contributed by atoms with Gasteiger partial charge in [-0.05, 0) is 182 Å². The molecule has 0 bridgehead atoms. The lowest BCUT2D eigenvalue weighted by Crippen LogP contribution is -2.43. The maximum Gasteiger partial charge on any atom is 0.358 e. The molecule has 0 saturated heterocycles. The number of hydrogen-bond acceptors (Lipinski definition) is 10. The Morgan fingerprint density at radius 3 is 1.00 bits per heavy atom. The number of rotatable bonds is 22. The summed E-state index contributed by atoms with van der Waals surface area (Å²) in [6.45, 7) is 9.57. The van der Waals surface area contributed by atoms with Crippen LogP contribution in [0.1, 0.15) is 228 Å². The zero-order valence-corrected chi connectivity index (χ0v) is 61.1. The van der Waals surface area contributed by atoms with E-state index < -0.39 is 121 Å². The van der Waals surface area contributed by atoms with Crippen molar-refractivity contribution in [1.29, 1.82) is 0 Å². The first-order valence-electron chi connectivity index (χ1n) is 35.8. The van der Waals surface area contributed by atoms with E-state index in [1.807, 2.05) is 13.8 Å². The Bertz CT molecular complexity index is 2050. The molecular weight excluding hydrogens is 1380 g/mol. The van der Waals surface area contributed by atoms with Crippen LogP contribution in [-0.2, 0) is 47.6 Å². The summed E-state index contributed by atoms with van der Waals surface area (Å²) in [7, 11) is 6.43. The summed E-state index contributed by atoms with van der Waals surface area (Å²) in [5.41, 5.74) is 0. The van der Waals surface area contributed by atoms with Gasteiger partial charge in [0.25, 0.3) is 0 Å². The van der Waals surface area contributed by atoms with E-state index in [1.54, 1.807) is 13.8 Å². The Morgan fingerprint density at radius 2 is 0.600 bits per heavy atom. The first-order chi connectivity index (χ1) is 46.5. The molecule has 8 saturated carbocycles. The molecule has 8 rings (SSSR count). The fraction of sp³-hybridized carbons (Fsp3) is 1.00. The molecule has 30 heteroatoms. The third-order valence-electron chi connectivity index (χ3n) is 21.1. The summed E-state index contributed by atoms with van der Waals surface area (Å²) >= 11 is 0. The van der Waals surface area contributed by atoms with Crippen LogP contribution >= 0.6 is 0 Å². The van der Waals surface area contributed by atoms with Crippen LogP contribution in [0.2, 0.25) is 0 Å². The molecule has 0 aromatic carbocycles. The van der Waals surface area contributed by atoms with Gasteiger partial charge in [-0.25, -0.2) is 0 Å². The molecule has 100 heavy (non-hydrogen) atoms. The molecule has 8 aliphatic carbocycles. The van der Waals surface area contributed by atoms with Crippen molar-refractivity contribution < 1.29 is 136 Å². The van der Waals surface area contributed by atoms with Crippen molar-refractivity contribution in [2.75, 3.05) is 76.3 Å². The molecule has 0 radical (unpaired) electrons. The standard InChI is InChI=1S/C14H24F2O.C13H22F2O.C11H17F5O2.C10H16F4O2.C10H18F2O.C8H14F2O.C3H6F2O.CH3FO/c1-2-9-17-14(15,16)13-8-7-11-5-3-4-6-12(11)10-13;1-9-3-4-11-8-12(13(14,15)16-2)6-5-10(11)7-9;1-17-10(13,14)8-3-7(6-12)4-9(5-8)11(15,16)18-2;1-15-9(11,12)7-4-3-5-8(6-7)10(13,14)16-2;1-3-13-10(11,12)9-6-4-5-8(2)7-9;1-2-11-8(9,10)7-5-3-4-6-7;1-3(4,5)6-2;1-3-2/h11-13H,2-10H2,1H3;9-12H,3-8H2,1-2H3;7-9H,3-6H2,1-2H3;7-8H,3-6H2,1-2H3;8-9H,3-7H2,1-2H3;7H,2-6H2,1H3;1-2H3;1H3. The Kier molecular flexibility index (Phi) is 44.0. The van der Waals surface area contributed by atoms with Gasteiger partial charge in [-0.2, -0.15) is 84.0 Å². The molecule has 0 aromatic heterocycles. The summed E-state index contributed by atoms with van der Waals surface area (Å²) in [5, 5.41) is 0. The molecular formula is C70H120F20O10. The minimum Gasteiger partial charge on any atom is -0.324 e. The van der Waals surface area contributed by atoms with Crippen molar-refractivity contribution in [2.45, 2.75) is 283 Å². The number of ether oxygens (including phenoxy) is 9. The highest BCUT2D eigenvalue weighted by atomic mass is 19.3. The predicted octanol–water partition coefficient (Wildman–Crippen LogP) is 23.4. The zero-order chi connectivity index (χ0) is 76.6. The summed E-state index contributed by atoms with van der Waals surface area (Å²) < 4.78 is 296. The summed E-state index contributed by atoms with van der Waals surface area (Å²) in [4.78, 5) is 2.75.